The van der Waals surface area contributed by atoms with Crippen LogP contribution < -0.4 is 10.6 Å². The van der Waals surface area contributed by atoms with E-state index in [0.717, 1.165) is 36.6 Å². The summed E-state index contributed by atoms with van der Waals surface area (Å²) in [6, 6.07) is 2.10. The summed E-state index contributed by atoms with van der Waals surface area (Å²) >= 11 is 1.54. The van der Waals surface area contributed by atoms with Crippen molar-refractivity contribution >= 4 is 17.2 Å². The molecule has 130 valence electrons. The molecule has 0 saturated carbocycles. The van der Waals surface area contributed by atoms with Crippen LogP contribution in [0.3, 0.4) is 0 Å². The number of thiazole rings is 1. The van der Waals surface area contributed by atoms with Gasteiger partial charge in [-0.15, -0.1) is 11.3 Å². The van der Waals surface area contributed by atoms with E-state index in [0.29, 0.717) is 18.3 Å². The topological polar surface area (TPSA) is 81.1 Å². The molecule has 3 heterocycles. The lowest BCUT2D eigenvalue weighted by atomic mass is 10.1. The lowest BCUT2D eigenvalue weighted by Gasteiger charge is -2.22. The van der Waals surface area contributed by atoms with Gasteiger partial charge in [-0.3, -0.25) is 9.48 Å². The molecule has 1 amide bonds. The average molecular weight is 349 g/mol. The molecule has 2 N–H and O–H groups in total. The Balaban J connectivity index is 1.55. The van der Waals surface area contributed by atoms with Crippen LogP contribution in [0.2, 0.25) is 0 Å². The van der Waals surface area contributed by atoms with Crippen LogP contribution in [0.1, 0.15) is 53.1 Å². The highest BCUT2D eigenvalue weighted by Gasteiger charge is 2.18. The van der Waals surface area contributed by atoms with Crippen molar-refractivity contribution in [3.05, 3.63) is 34.0 Å². The number of ether oxygens (including phenoxy) is 1. The summed E-state index contributed by atoms with van der Waals surface area (Å²) in [5.41, 5.74) is 1.28. The van der Waals surface area contributed by atoms with Crippen molar-refractivity contribution in [3.63, 3.8) is 0 Å². The molecule has 0 aromatic carbocycles. The molecule has 0 aliphatic carbocycles. The molecule has 2 aromatic heterocycles. The zero-order valence-electron chi connectivity index (χ0n) is 14.0. The van der Waals surface area contributed by atoms with E-state index in [2.05, 4.69) is 20.7 Å². The Bertz CT molecular complexity index is 678. The first-order chi connectivity index (χ1) is 11.7. The molecule has 2 atom stereocenters. The molecule has 1 fully saturated rings. The Hall–Kier alpha value is -1.77. The molecule has 2 unspecified atom stereocenters. The smallest absolute Gasteiger partial charge is 0.272 e. The molecular weight excluding hydrogens is 326 g/mol. The van der Waals surface area contributed by atoms with Gasteiger partial charge in [-0.2, -0.15) is 5.10 Å². The van der Waals surface area contributed by atoms with Gasteiger partial charge in [0.25, 0.3) is 5.91 Å². The summed E-state index contributed by atoms with van der Waals surface area (Å²) in [7, 11) is 1.66. The van der Waals surface area contributed by atoms with Gasteiger partial charge in [0.1, 0.15) is 16.8 Å². The number of nitrogens with one attached hydrogen (secondary N) is 2. The normalized spacial score (nSPS) is 19.2. The minimum atomic E-state index is -0.174. The van der Waals surface area contributed by atoms with E-state index in [1.54, 1.807) is 13.2 Å². The number of amides is 1. The number of piperidine rings is 1. The van der Waals surface area contributed by atoms with Gasteiger partial charge in [-0.25, -0.2) is 4.98 Å². The van der Waals surface area contributed by atoms with Crippen molar-refractivity contribution < 1.29 is 9.53 Å². The number of hydrogen-bond acceptors (Lipinski definition) is 6. The first-order valence-corrected chi connectivity index (χ1v) is 9.06. The second-order valence-corrected chi connectivity index (χ2v) is 6.81. The predicted octanol–water partition coefficient (Wildman–Crippen LogP) is 1.90. The Kier molecular flexibility index (Phi) is 5.60. The molecule has 3 rings (SSSR count). The zero-order chi connectivity index (χ0) is 16.9. The van der Waals surface area contributed by atoms with Gasteiger partial charge in [-0.1, -0.05) is 0 Å². The Labute approximate surface area is 145 Å². The van der Waals surface area contributed by atoms with Crippen LogP contribution in [0.4, 0.5) is 0 Å². The van der Waals surface area contributed by atoms with Crippen LogP contribution in [-0.2, 0) is 11.3 Å². The fourth-order valence-electron chi connectivity index (χ4n) is 2.67. The van der Waals surface area contributed by atoms with E-state index in [1.807, 2.05) is 23.2 Å². The standard InChI is InChI=1S/C16H23N5O2S/c1-11(23-2)16-19-12(10-24-16)8-18-15(22)14-5-7-21(20-14)13-4-3-6-17-9-13/h5,7,10-11,13,17H,3-4,6,8-9H2,1-2H3,(H,18,22). The van der Waals surface area contributed by atoms with Gasteiger partial charge in [0.15, 0.2) is 0 Å². The molecule has 1 aliphatic rings. The lowest BCUT2D eigenvalue weighted by molar-refractivity contribution is 0.0944. The maximum absolute atomic E-state index is 12.3. The summed E-state index contributed by atoms with van der Waals surface area (Å²) in [6.07, 6.45) is 4.08. The first-order valence-electron chi connectivity index (χ1n) is 8.18. The fourth-order valence-corrected chi connectivity index (χ4v) is 3.53. The van der Waals surface area contributed by atoms with Crippen molar-refractivity contribution in [1.29, 1.82) is 0 Å². The fraction of sp³-hybridized carbons (Fsp3) is 0.562. The van der Waals surface area contributed by atoms with Crippen LogP contribution in [0.5, 0.6) is 0 Å². The molecular formula is C16H23N5O2S. The number of rotatable bonds is 6. The highest BCUT2D eigenvalue weighted by Crippen LogP contribution is 2.20. The van der Waals surface area contributed by atoms with Crippen LogP contribution in [0.25, 0.3) is 0 Å². The largest absolute Gasteiger partial charge is 0.375 e. The highest BCUT2D eigenvalue weighted by molar-refractivity contribution is 7.09. The first kappa shape index (κ1) is 17.1. The van der Waals surface area contributed by atoms with E-state index in [1.165, 1.54) is 11.3 Å². The van der Waals surface area contributed by atoms with E-state index < -0.39 is 0 Å². The zero-order valence-corrected chi connectivity index (χ0v) is 14.8. The van der Waals surface area contributed by atoms with Crippen molar-refractivity contribution in [2.75, 3.05) is 20.2 Å². The Morgan fingerprint density at radius 3 is 3.25 bits per heavy atom. The van der Waals surface area contributed by atoms with Crippen LogP contribution in [-0.4, -0.2) is 40.9 Å². The minimum absolute atomic E-state index is 0.0285. The SMILES string of the molecule is COC(C)c1nc(CNC(=O)c2ccn(C3CCCNC3)n2)cs1. The molecule has 8 heteroatoms. The second kappa shape index (κ2) is 7.87. The van der Waals surface area contributed by atoms with Gasteiger partial charge >= 0.3 is 0 Å². The van der Waals surface area contributed by atoms with Crippen molar-refractivity contribution in [3.8, 4) is 0 Å². The molecule has 0 radical (unpaired) electrons. The maximum atomic E-state index is 12.3. The highest BCUT2D eigenvalue weighted by atomic mass is 32.1. The van der Waals surface area contributed by atoms with E-state index in [9.17, 15) is 4.79 Å². The third-order valence-corrected chi connectivity index (χ3v) is 5.24. The summed E-state index contributed by atoms with van der Waals surface area (Å²) < 4.78 is 7.14. The summed E-state index contributed by atoms with van der Waals surface area (Å²) in [6.45, 7) is 4.31. The molecule has 2 aromatic rings. The maximum Gasteiger partial charge on any atom is 0.272 e. The summed E-state index contributed by atoms with van der Waals surface area (Å²) in [5, 5.41) is 13.5. The minimum Gasteiger partial charge on any atom is -0.375 e. The third kappa shape index (κ3) is 4.00. The lowest BCUT2D eigenvalue weighted by Crippen LogP contribution is -2.32. The van der Waals surface area contributed by atoms with Gasteiger partial charge in [0, 0.05) is 25.2 Å². The molecule has 0 spiro atoms. The van der Waals surface area contributed by atoms with Gasteiger partial charge < -0.3 is 15.4 Å². The molecule has 0 bridgehead atoms. The van der Waals surface area contributed by atoms with Gasteiger partial charge in [-0.05, 0) is 32.4 Å². The third-order valence-electron chi connectivity index (χ3n) is 4.19. The predicted molar refractivity (Wildman–Crippen MR) is 92.1 cm³/mol. The molecule has 24 heavy (non-hydrogen) atoms. The van der Waals surface area contributed by atoms with Gasteiger partial charge in [0.2, 0.25) is 0 Å². The van der Waals surface area contributed by atoms with E-state index in [-0.39, 0.29) is 12.0 Å². The number of carbonyl (C=O) groups excluding carboxylic acids is 1. The van der Waals surface area contributed by atoms with E-state index in [4.69, 9.17) is 4.74 Å². The van der Waals surface area contributed by atoms with Gasteiger partial charge in [0.05, 0.1) is 18.3 Å². The monoisotopic (exact) mass is 349 g/mol. The van der Waals surface area contributed by atoms with Crippen molar-refractivity contribution in [2.45, 2.75) is 38.5 Å². The molecule has 1 aliphatic heterocycles. The van der Waals surface area contributed by atoms with Crippen LogP contribution in [0.15, 0.2) is 17.6 Å². The summed E-state index contributed by atoms with van der Waals surface area (Å²) in [5.74, 6) is -0.174. The number of aromatic nitrogens is 3. The average Bonchev–Trinajstić information content (AvgIpc) is 3.29. The van der Waals surface area contributed by atoms with Crippen LogP contribution >= 0.6 is 11.3 Å². The molecule has 1 saturated heterocycles. The number of hydrogen-bond donors (Lipinski definition) is 2. The van der Waals surface area contributed by atoms with E-state index >= 15 is 0 Å². The molecule has 7 nitrogen and oxygen atoms in total. The number of carbonyl (C=O) groups is 1. The van der Waals surface area contributed by atoms with Crippen molar-refractivity contribution in [2.24, 2.45) is 0 Å². The number of methoxy groups -OCH3 is 1. The van der Waals surface area contributed by atoms with Crippen LogP contribution in [0, 0.1) is 0 Å². The number of nitrogens with zero attached hydrogens (tertiary/aromatic N) is 3. The quantitative estimate of drug-likeness (QED) is 0.832. The van der Waals surface area contributed by atoms with Crippen molar-refractivity contribution in [1.82, 2.24) is 25.4 Å². The second-order valence-electron chi connectivity index (χ2n) is 5.92. The Morgan fingerprint density at radius 1 is 1.62 bits per heavy atom. The summed E-state index contributed by atoms with van der Waals surface area (Å²) in [4.78, 5) is 16.7. The Morgan fingerprint density at radius 2 is 2.50 bits per heavy atom.